The van der Waals surface area contributed by atoms with Gasteiger partial charge in [0.25, 0.3) is 0 Å². The molecule has 1 aromatic rings. The van der Waals surface area contributed by atoms with Crippen LogP contribution in [0.4, 0.5) is 0 Å². The van der Waals surface area contributed by atoms with Gasteiger partial charge in [0.05, 0.1) is 31.0 Å². The third-order valence-corrected chi connectivity index (χ3v) is 5.19. The Morgan fingerprint density at radius 1 is 1.26 bits per heavy atom. The average molecular weight is 379 g/mol. The molecule has 0 aromatic heterocycles. The highest BCUT2D eigenvalue weighted by Crippen LogP contribution is 2.42. The Balaban J connectivity index is 1.82. The molecule has 0 aliphatic carbocycles. The molecule has 2 aliphatic rings. The monoisotopic (exact) mass is 379 g/mol. The van der Waals surface area contributed by atoms with Crippen molar-refractivity contribution in [2.45, 2.75) is 70.5 Å². The second-order valence-electron chi connectivity index (χ2n) is 8.69. The minimum Gasteiger partial charge on any atom is -0.493 e. The molecule has 27 heavy (non-hydrogen) atoms. The van der Waals surface area contributed by atoms with E-state index >= 15 is 0 Å². The maximum absolute atomic E-state index is 10.7. The van der Waals surface area contributed by atoms with E-state index in [2.05, 4.69) is 4.90 Å². The lowest BCUT2D eigenvalue weighted by atomic mass is 9.84. The first-order valence-electron chi connectivity index (χ1n) is 9.79. The molecule has 1 aromatic carbocycles. The van der Waals surface area contributed by atoms with Gasteiger partial charge in [0.1, 0.15) is 6.61 Å². The number of ether oxygens (including phenoxy) is 3. The molecule has 4 atom stereocenters. The Bertz CT molecular complexity index is 655. The Morgan fingerprint density at radius 3 is 2.63 bits per heavy atom. The minimum absolute atomic E-state index is 0.156. The summed E-state index contributed by atoms with van der Waals surface area (Å²) in [4.78, 5) is 2.40. The highest BCUT2D eigenvalue weighted by molar-refractivity contribution is 5.49. The van der Waals surface area contributed by atoms with Gasteiger partial charge < -0.3 is 24.4 Å². The van der Waals surface area contributed by atoms with Crippen molar-refractivity contribution in [1.29, 1.82) is 0 Å². The van der Waals surface area contributed by atoms with Crippen LogP contribution >= 0.6 is 0 Å². The molecule has 0 unspecified atom stereocenters. The summed E-state index contributed by atoms with van der Waals surface area (Å²) in [6.07, 6.45) is 0.366. The number of methoxy groups -OCH3 is 1. The van der Waals surface area contributed by atoms with Crippen LogP contribution in [0.2, 0.25) is 0 Å². The van der Waals surface area contributed by atoms with Crippen LogP contribution in [0.3, 0.4) is 0 Å². The molecular weight excluding hydrogens is 346 g/mol. The van der Waals surface area contributed by atoms with Crippen molar-refractivity contribution in [3.05, 3.63) is 23.3 Å². The van der Waals surface area contributed by atoms with E-state index in [1.165, 1.54) is 11.1 Å². The standard InChI is InChI=1S/C21H33NO5/c1-13(23)12-26-19-8-14-6-7-22-11-20(27-21(2,3)4)17(24)10-16(22)15(14)9-18(19)25-5/h8-9,13,16-17,20,23-24H,6-7,10-12H2,1-5H3/t13-,16-,17-,20-/m1/s1. The van der Waals surface area contributed by atoms with Gasteiger partial charge in [-0.15, -0.1) is 0 Å². The maximum Gasteiger partial charge on any atom is 0.161 e. The van der Waals surface area contributed by atoms with E-state index in [0.717, 1.165) is 19.5 Å². The number of aliphatic hydroxyl groups is 2. The second kappa shape index (κ2) is 7.95. The number of rotatable bonds is 5. The van der Waals surface area contributed by atoms with Crippen LogP contribution in [-0.2, 0) is 11.2 Å². The molecule has 0 amide bonds. The fraction of sp³-hybridized carbons (Fsp3) is 0.714. The van der Waals surface area contributed by atoms with Gasteiger partial charge in [-0.3, -0.25) is 4.90 Å². The van der Waals surface area contributed by atoms with E-state index in [4.69, 9.17) is 14.2 Å². The first-order valence-corrected chi connectivity index (χ1v) is 9.79. The van der Waals surface area contributed by atoms with Gasteiger partial charge in [0.15, 0.2) is 11.5 Å². The number of aliphatic hydroxyl groups excluding tert-OH is 2. The summed E-state index contributed by atoms with van der Waals surface area (Å²) in [5.41, 5.74) is 2.14. The van der Waals surface area contributed by atoms with Crippen LogP contribution in [0.15, 0.2) is 12.1 Å². The summed E-state index contributed by atoms with van der Waals surface area (Å²) in [5, 5.41) is 20.2. The van der Waals surface area contributed by atoms with E-state index in [1.807, 2.05) is 32.9 Å². The van der Waals surface area contributed by atoms with Crippen molar-refractivity contribution < 1.29 is 24.4 Å². The predicted molar refractivity (Wildman–Crippen MR) is 103 cm³/mol. The number of nitrogens with zero attached hydrogens (tertiary/aromatic N) is 1. The van der Waals surface area contributed by atoms with Crippen LogP contribution in [0, 0.1) is 0 Å². The topological polar surface area (TPSA) is 71.4 Å². The molecule has 1 saturated heterocycles. The summed E-state index contributed by atoms with van der Waals surface area (Å²) in [6, 6.07) is 4.21. The van der Waals surface area contributed by atoms with Gasteiger partial charge in [0, 0.05) is 19.1 Å². The summed E-state index contributed by atoms with van der Waals surface area (Å²) in [7, 11) is 1.63. The fourth-order valence-electron chi connectivity index (χ4n) is 4.04. The Hall–Kier alpha value is -1.34. The molecule has 3 rings (SSSR count). The zero-order valence-corrected chi connectivity index (χ0v) is 17.1. The first kappa shape index (κ1) is 20.4. The fourth-order valence-corrected chi connectivity index (χ4v) is 4.04. The van der Waals surface area contributed by atoms with Gasteiger partial charge in [-0.1, -0.05) is 0 Å². The maximum atomic E-state index is 10.7. The lowest BCUT2D eigenvalue weighted by molar-refractivity contribution is -0.149. The van der Waals surface area contributed by atoms with E-state index in [-0.39, 0.29) is 24.4 Å². The van der Waals surface area contributed by atoms with E-state index in [0.29, 0.717) is 17.9 Å². The highest BCUT2D eigenvalue weighted by atomic mass is 16.5. The van der Waals surface area contributed by atoms with Crippen LogP contribution < -0.4 is 9.47 Å². The van der Waals surface area contributed by atoms with Crippen molar-refractivity contribution in [3.63, 3.8) is 0 Å². The summed E-state index contributed by atoms with van der Waals surface area (Å²) in [5.74, 6) is 1.33. The summed E-state index contributed by atoms with van der Waals surface area (Å²) < 4.78 is 17.3. The number of hydrogen-bond donors (Lipinski definition) is 2. The normalized spacial score (nSPS) is 26.9. The van der Waals surface area contributed by atoms with E-state index < -0.39 is 12.2 Å². The zero-order chi connectivity index (χ0) is 19.8. The number of piperidine rings is 1. The number of benzene rings is 1. The average Bonchev–Trinajstić information content (AvgIpc) is 2.58. The largest absolute Gasteiger partial charge is 0.493 e. The second-order valence-corrected chi connectivity index (χ2v) is 8.69. The Labute approximate surface area is 162 Å². The molecule has 2 aliphatic heterocycles. The molecule has 0 saturated carbocycles. The van der Waals surface area contributed by atoms with Gasteiger partial charge in [0.2, 0.25) is 0 Å². The van der Waals surface area contributed by atoms with Crippen molar-refractivity contribution in [2.75, 3.05) is 26.8 Å². The quantitative estimate of drug-likeness (QED) is 0.818. The van der Waals surface area contributed by atoms with E-state index in [9.17, 15) is 10.2 Å². The zero-order valence-electron chi connectivity index (χ0n) is 17.1. The number of fused-ring (bicyclic) bond motifs is 3. The number of hydrogen-bond acceptors (Lipinski definition) is 6. The van der Waals surface area contributed by atoms with Crippen molar-refractivity contribution >= 4 is 0 Å². The van der Waals surface area contributed by atoms with Gasteiger partial charge >= 0.3 is 0 Å². The smallest absolute Gasteiger partial charge is 0.161 e. The third-order valence-electron chi connectivity index (χ3n) is 5.19. The van der Waals surface area contributed by atoms with E-state index in [1.54, 1.807) is 14.0 Å². The third kappa shape index (κ3) is 4.74. The van der Waals surface area contributed by atoms with Crippen LogP contribution in [0.5, 0.6) is 11.5 Å². The van der Waals surface area contributed by atoms with Crippen LogP contribution in [0.1, 0.15) is 51.3 Å². The molecule has 2 heterocycles. The van der Waals surface area contributed by atoms with Crippen LogP contribution in [0.25, 0.3) is 0 Å². The summed E-state index contributed by atoms with van der Waals surface area (Å²) in [6.45, 7) is 9.66. The van der Waals surface area contributed by atoms with Gasteiger partial charge in [-0.05, 0) is 63.8 Å². The SMILES string of the molecule is COc1cc2c(cc1OC[C@@H](C)O)CCN1C[C@@H](OC(C)(C)C)[C@H](O)C[C@H]21. The highest BCUT2D eigenvalue weighted by Gasteiger charge is 2.40. The molecule has 0 radical (unpaired) electrons. The molecule has 2 N–H and O–H groups in total. The van der Waals surface area contributed by atoms with Crippen molar-refractivity contribution in [1.82, 2.24) is 4.90 Å². The lowest BCUT2D eigenvalue weighted by Gasteiger charge is -2.46. The Morgan fingerprint density at radius 2 is 2.00 bits per heavy atom. The van der Waals surface area contributed by atoms with Crippen molar-refractivity contribution in [3.8, 4) is 11.5 Å². The molecular formula is C21H33NO5. The lowest BCUT2D eigenvalue weighted by Crippen LogP contribution is -2.53. The summed E-state index contributed by atoms with van der Waals surface area (Å²) >= 11 is 0. The van der Waals surface area contributed by atoms with Crippen LogP contribution in [-0.4, -0.2) is 65.8 Å². The minimum atomic E-state index is -0.533. The molecule has 6 heteroatoms. The molecule has 152 valence electrons. The molecule has 0 spiro atoms. The predicted octanol–water partition coefficient (Wildman–Crippen LogP) is 2.30. The molecule has 1 fully saturated rings. The molecule has 0 bridgehead atoms. The van der Waals surface area contributed by atoms with Crippen molar-refractivity contribution in [2.24, 2.45) is 0 Å². The molecule has 6 nitrogen and oxygen atoms in total. The van der Waals surface area contributed by atoms with Gasteiger partial charge in [-0.25, -0.2) is 0 Å². The first-order chi connectivity index (χ1) is 12.7. The Kier molecular flexibility index (Phi) is 6.01. The van der Waals surface area contributed by atoms with Gasteiger partial charge in [-0.2, -0.15) is 0 Å².